The Morgan fingerprint density at radius 3 is 2.74 bits per heavy atom. The number of nitrogens with one attached hydrogen (secondary N) is 1. The number of hydrogen-bond acceptors (Lipinski definition) is 7. The van der Waals surface area contributed by atoms with E-state index in [1.54, 1.807) is 0 Å². The molecule has 2 saturated heterocycles. The van der Waals surface area contributed by atoms with Crippen molar-refractivity contribution in [2.45, 2.75) is 31.8 Å². The molecular weight excluding hydrogens is 318 g/mol. The number of nitrogens with zero attached hydrogens (tertiary/aromatic N) is 3. The maximum absolute atomic E-state index is 12.1. The molecule has 2 amide bonds. The predicted molar refractivity (Wildman–Crippen MR) is 84.8 cm³/mol. The highest BCUT2D eigenvalue weighted by atomic mass is 32.1. The van der Waals surface area contributed by atoms with Crippen molar-refractivity contribution >= 4 is 28.3 Å². The number of ether oxygens (including phenoxy) is 1. The number of carbonyl (C=O) groups is 2. The molecule has 0 aliphatic carbocycles. The number of likely N-dealkylation sites (tertiary alicyclic amines) is 1. The van der Waals surface area contributed by atoms with Gasteiger partial charge >= 0.3 is 0 Å². The third-order valence-corrected chi connectivity index (χ3v) is 5.18. The smallest absolute Gasteiger partial charge is 0.240 e. The summed E-state index contributed by atoms with van der Waals surface area (Å²) in [5, 5.41) is 12.2. The van der Waals surface area contributed by atoms with Crippen molar-refractivity contribution < 1.29 is 14.3 Å². The lowest BCUT2D eigenvalue weighted by Crippen LogP contribution is -2.42. The van der Waals surface area contributed by atoms with Crippen LogP contribution < -0.4 is 11.1 Å². The lowest BCUT2D eigenvalue weighted by atomic mass is 9.96. The number of aromatic nitrogens is 2. The quantitative estimate of drug-likeness (QED) is 0.809. The number of rotatable bonds is 5. The third-order valence-electron chi connectivity index (χ3n) is 4.25. The van der Waals surface area contributed by atoms with Gasteiger partial charge in [0, 0.05) is 12.5 Å². The molecule has 1 atom stereocenters. The van der Waals surface area contributed by atoms with Gasteiger partial charge in [-0.2, -0.15) is 0 Å². The van der Waals surface area contributed by atoms with Crippen LogP contribution in [-0.4, -0.2) is 53.2 Å². The zero-order valence-corrected chi connectivity index (χ0v) is 13.7. The second kappa shape index (κ2) is 7.33. The van der Waals surface area contributed by atoms with Crippen LogP contribution in [0.1, 0.15) is 36.8 Å². The van der Waals surface area contributed by atoms with Gasteiger partial charge in [0.15, 0.2) is 0 Å². The summed E-state index contributed by atoms with van der Waals surface area (Å²) in [5.74, 6) is -0.423. The van der Waals surface area contributed by atoms with Crippen LogP contribution in [0.5, 0.6) is 0 Å². The first-order chi connectivity index (χ1) is 11.1. The summed E-state index contributed by atoms with van der Waals surface area (Å²) in [6.45, 7) is 2.46. The summed E-state index contributed by atoms with van der Waals surface area (Å²) in [5.41, 5.74) is 5.31. The van der Waals surface area contributed by atoms with Crippen LogP contribution >= 0.6 is 11.3 Å². The molecule has 0 radical (unpaired) electrons. The molecule has 9 heteroatoms. The van der Waals surface area contributed by atoms with Gasteiger partial charge in [0.05, 0.1) is 6.54 Å². The summed E-state index contributed by atoms with van der Waals surface area (Å²) in [6.07, 6.45) is 3.44. The molecule has 0 spiro atoms. The molecule has 2 aliphatic heterocycles. The van der Waals surface area contributed by atoms with E-state index in [1.165, 1.54) is 11.3 Å². The first-order valence-electron chi connectivity index (χ1n) is 7.88. The zero-order chi connectivity index (χ0) is 16.2. The first-order valence-corrected chi connectivity index (χ1v) is 8.70. The molecule has 1 aromatic heterocycles. The predicted octanol–water partition coefficient (Wildman–Crippen LogP) is 0.525. The fourth-order valence-corrected chi connectivity index (χ4v) is 3.77. The van der Waals surface area contributed by atoms with E-state index in [2.05, 4.69) is 15.5 Å². The molecular formula is C14H21N5O3S. The minimum atomic E-state index is -0.246. The normalized spacial score (nSPS) is 23.0. The lowest BCUT2D eigenvalue weighted by Gasteiger charge is -2.29. The van der Waals surface area contributed by atoms with Crippen LogP contribution in [0.2, 0.25) is 0 Å². The summed E-state index contributed by atoms with van der Waals surface area (Å²) in [6, 6.07) is 0. The summed E-state index contributed by atoms with van der Waals surface area (Å²) in [7, 11) is 0. The van der Waals surface area contributed by atoms with Gasteiger partial charge in [-0.15, -0.1) is 10.2 Å². The van der Waals surface area contributed by atoms with Gasteiger partial charge in [-0.3, -0.25) is 19.8 Å². The number of carbonyl (C=O) groups excluding carboxylic acids is 2. The Bertz CT molecular complexity index is 565. The minimum Gasteiger partial charge on any atom is -0.371 e. The third kappa shape index (κ3) is 4.24. The standard InChI is InChI=1S/C14H21N5O3S/c15-12(21)9-3-5-19(6-4-9)8-11(20)16-14-18-17-13(23-14)10-2-1-7-22-10/h9-10H,1-8H2,(H2,15,21)(H,16,18,20)/t10-/m1/s1. The Labute approximate surface area is 138 Å². The van der Waals surface area contributed by atoms with Crippen LogP contribution in [-0.2, 0) is 14.3 Å². The summed E-state index contributed by atoms with van der Waals surface area (Å²) < 4.78 is 5.56. The van der Waals surface area contributed by atoms with E-state index >= 15 is 0 Å². The average Bonchev–Trinajstić information content (AvgIpc) is 3.18. The largest absolute Gasteiger partial charge is 0.371 e. The van der Waals surface area contributed by atoms with Crippen molar-refractivity contribution in [1.29, 1.82) is 0 Å². The Morgan fingerprint density at radius 1 is 1.30 bits per heavy atom. The van der Waals surface area contributed by atoms with Crippen LogP contribution in [0.25, 0.3) is 0 Å². The van der Waals surface area contributed by atoms with E-state index < -0.39 is 0 Å². The van der Waals surface area contributed by atoms with Gasteiger partial charge in [-0.1, -0.05) is 11.3 Å². The van der Waals surface area contributed by atoms with Gasteiger partial charge in [0.2, 0.25) is 16.9 Å². The van der Waals surface area contributed by atoms with Crippen molar-refractivity contribution in [3.8, 4) is 0 Å². The molecule has 23 heavy (non-hydrogen) atoms. The number of hydrogen-bond donors (Lipinski definition) is 2. The number of amides is 2. The molecule has 3 heterocycles. The second-order valence-electron chi connectivity index (χ2n) is 5.95. The molecule has 2 aliphatic rings. The van der Waals surface area contributed by atoms with Crippen LogP contribution in [0.3, 0.4) is 0 Å². The highest BCUT2D eigenvalue weighted by Crippen LogP contribution is 2.31. The fraction of sp³-hybridized carbons (Fsp3) is 0.714. The molecule has 0 unspecified atom stereocenters. The highest BCUT2D eigenvalue weighted by molar-refractivity contribution is 7.15. The molecule has 126 valence electrons. The number of anilines is 1. The Hall–Kier alpha value is -1.58. The van der Waals surface area contributed by atoms with Gasteiger partial charge in [0.25, 0.3) is 0 Å². The average molecular weight is 339 g/mol. The Morgan fingerprint density at radius 2 is 2.09 bits per heavy atom. The number of nitrogens with two attached hydrogens (primary N) is 1. The number of primary amides is 1. The molecule has 3 rings (SSSR count). The molecule has 2 fully saturated rings. The van der Waals surface area contributed by atoms with Gasteiger partial charge in [0.1, 0.15) is 11.1 Å². The van der Waals surface area contributed by atoms with Crippen molar-refractivity contribution in [2.75, 3.05) is 31.6 Å². The SMILES string of the molecule is NC(=O)C1CCN(CC(=O)Nc2nnc([C@H]3CCCO3)s2)CC1. The van der Waals surface area contributed by atoms with E-state index in [0.29, 0.717) is 37.6 Å². The topological polar surface area (TPSA) is 110 Å². The maximum Gasteiger partial charge on any atom is 0.240 e. The minimum absolute atomic E-state index is 0.0194. The van der Waals surface area contributed by atoms with Crippen LogP contribution in [0.4, 0.5) is 5.13 Å². The van der Waals surface area contributed by atoms with Crippen LogP contribution in [0.15, 0.2) is 0 Å². The molecule has 0 saturated carbocycles. The molecule has 0 aromatic carbocycles. The molecule has 8 nitrogen and oxygen atoms in total. The second-order valence-corrected chi connectivity index (χ2v) is 6.96. The monoisotopic (exact) mass is 339 g/mol. The van der Waals surface area contributed by atoms with Gasteiger partial charge < -0.3 is 10.5 Å². The molecule has 1 aromatic rings. The lowest BCUT2D eigenvalue weighted by molar-refractivity contribution is -0.123. The van der Waals surface area contributed by atoms with Crippen molar-refractivity contribution in [3.63, 3.8) is 0 Å². The molecule has 0 bridgehead atoms. The van der Waals surface area contributed by atoms with E-state index in [9.17, 15) is 9.59 Å². The van der Waals surface area contributed by atoms with Crippen molar-refractivity contribution in [1.82, 2.24) is 15.1 Å². The maximum atomic E-state index is 12.1. The first kappa shape index (κ1) is 16.3. The van der Waals surface area contributed by atoms with Crippen molar-refractivity contribution in [2.24, 2.45) is 11.7 Å². The molecule has 3 N–H and O–H groups in total. The van der Waals surface area contributed by atoms with Crippen molar-refractivity contribution in [3.05, 3.63) is 5.01 Å². The Balaban J connectivity index is 1.45. The van der Waals surface area contributed by atoms with E-state index in [0.717, 1.165) is 24.5 Å². The van der Waals surface area contributed by atoms with Gasteiger partial charge in [-0.05, 0) is 38.8 Å². The van der Waals surface area contributed by atoms with Crippen LogP contribution in [0, 0.1) is 5.92 Å². The van der Waals surface area contributed by atoms with E-state index in [-0.39, 0.29) is 23.8 Å². The fourth-order valence-electron chi connectivity index (χ4n) is 2.93. The summed E-state index contributed by atoms with van der Waals surface area (Å²) >= 11 is 1.37. The zero-order valence-electron chi connectivity index (χ0n) is 12.9. The van der Waals surface area contributed by atoms with E-state index in [1.807, 2.05) is 4.90 Å². The van der Waals surface area contributed by atoms with E-state index in [4.69, 9.17) is 10.5 Å². The number of piperidine rings is 1. The Kier molecular flexibility index (Phi) is 5.19. The highest BCUT2D eigenvalue weighted by Gasteiger charge is 2.25. The summed E-state index contributed by atoms with van der Waals surface area (Å²) in [4.78, 5) is 25.3. The van der Waals surface area contributed by atoms with Gasteiger partial charge in [-0.25, -0.2) is 0 Å².